The van der Waals surface area contributed by atoms with Crippen molar-refractivity contribution >= 4 is 5.91 Å². The van der Waals surface area contributed by atoms with E-state index in [1.165, 1.54) is 38.6 Å². The molecule has 4 atom stereocenters. The summed E-state index contributed by atoms with van der Waals surface area (Å²) in [6, 6.07) is 9.90. The van der Waals surface area contributed by atoms with E-state index in [9.17, 15) is 9.90 Å². The van der Waals surface area contributed by atoms with E-state index in [4.69, 9.17) is 0 Å². The number of rotatable bonds is 6. The summed E-state index contributed by atoms with van der Waals surface area (Å²) in [6.45, 7) is 3.50. The summed E-state index contributed by atoms with van der Waals surface area (Å²) in [5, 5.41) is 14.9. The molecule has 1 aliphatic heterocycles. The van der Waals surface area contributed by atoms with Crippen LogP contribution in [-0.2, 0) is 10.4 Å². The normalized spacial score (nSPS) is 32.7. The molecule has 4 aliphatic rings. The van der Waals surface area contributed by atoms with E-state index in [1.807, 2.05) is 30.3 Å². The summed E-state index contributed by atoms with van der Waals surface area (Å²) in [6.07, 6.45) is 11.1. The summed E-state index contributed by atoms with van der Waals surface area (Å²) in [7, 11) is 0. The van der Waals surface area contributed by atoms with E-state index in [1.54, 1.807) is 0 Å². The predicted molar refractivity (Wildman–Crippen MR) is 114 cm³/mol. The number of carbonyl (C=O) groups is 1. The molecular formula is C25H36N2O2. The molecule has 0 spiro atoms. The van der Waals surface area contributed by atoms with Gasteiger partial charge in [-0.25, -0.2) is 0 Å². The average Bonchev–Trinajstić information content (AvgIpc) is 3.18. The van der Waals surface area contributed by atoms with Gasteiger partial charge in [0.1, 0.15) is 0 Å². The first-order chi connectivity index (χ1) is 14.2. The fourth-order valence-electron chi connectivity index (χ4n) is 6.56. The Kier molecular flexibility index (Phi) is 5.42. The molecule has 1 saturated heterocycles. The van der Waals surface area contributed by atoms with Crippen LogP contribution < -0.4 is 5.32 Å². The van der Waals surface area contributed by atoms with Crippen molar-refractivity contribution in [2.24, 2.45) is 23.7 Å². The molecular weight excluding hydrogens is 360 g/mol. The molecule has 4 nitrogen and oxygen atoms in total. The van der Waals surface area contributed by atoms with Crippen LogP contribution >= 0.6 is 0 Å². The lowest BCUT2D eigenvalue weighted by atomic mass is 9.79. The maximum Gasteiger partial charge on any atom is 0.257 e. The number of amides is 1. The number of fused-ring (bicyclic) bond motifs is 1. The molecule has 4 heteroatoms. The highest BCUT2D eigenvalue weighted by Gasteiger charge is 2.58. The Labute approximate surface area is 175 Å². The molecule has 1 amide bonds. The SMILES string of the molecule is O=C(NC1[C@H]2CN(CC3CCCCC3)C[C@@H]12)C(O)(c1ccccc1)C1CCCC1. The number of piperidine rings is 1. The van der Waals surface area contributed by atoms with Crippen molar-refractivity contribution in [3.63, 3.8) is 0 Å². The van der Waals surface area contributed by atoms with E-state index < -0.39 is 5.60 Å². The van der Waals surface area contributed by atoms with E-state index >= 15 is 0 Å². The van der Waals surface area contributed by atoms with Crippen LogP contribution in [0.5, 0.6) is 0 Å². The zero-order valence-corrected chi connectivity index (χ0v) is 17.6. The summed E-state index contributed by atoms with van der Waals surface area (Å²) >= 11 is 0. The van der Waals surface area contributed by atoms with Gasteiger partial charge in [0.05, 0.1) is 0 Å². The number of nitrogens with zero attached hydrogens (tertiary/aromatic N) is 1. The van der Waals surface area contributed by atoms with Crippen LogP contribution in [-0.4, -0.2) is 41.6 Å². The first kappa shape index (κ1) is 19.6. The summed E-state index contributed by atoms with van der Waals surface area (Å²) < 4.78 is 0. The molecule has 3 aliphatic carbocycles. The lowest BCUT2D eigenvalue weighted by Gasteiger charge is -2.34. The fourth-order valence-corrected chi connectivity index (χ4v) is 6.56. The molecule has 158 valence electrons. The molecule has 0 radical (unpaired) electrons. The van der Waals surface area contributed by atoms with Gasteiger partial charge in [-0.2, -0.15) is 0 Å². The lowest BCUT2D eigenvalue weighted by molar-refractivity contribution is -0.147. The molecule has 0 aromatic heterocycles. The van der Waals surface area contributed by atoms with Gasteiger partial charge in [-0.15, -0.1) is 0 Å². The highest BCUT2D eigenvalue weighted by Crippen LogP contribution is 2.47. The Morgan fingerprint density at radius 2 is 1.59 bits per heavy atom. The van der Waals surface area contributed by atoms with E-state index in [-0.39, 0.29) is 17.9 Å². The van der Waals surface area contributed by atoms with Gasteiger partial charge in [-0.3, -0.25) is 4.79 Å². The maximum absolute atomic E-state index is 13.4. The molecule has 0 bridgehead atoms. The monoisotopic (exact) mass is 396 g/mol. The summed E-state index contributed by atoms with van der Waals surface area (Å²) in [5.74, 6) is 1.94. The quantitative estimate of drug-likeness (QED) is 0.771. The van der Waals surface area contributed by atoms with Crippen LogP contribution in [0.15, 0.2) is 30.3 Å². The van der Waals surface area contributed by atoms with Crippen LogP contribution in [0, 0.1) is 23.7 Å². The van der Waals surface area contributed by atoms with Crippen LogP contribution in [0.1, 0.15) is 63.4 Å². The van der Waals surface area contributed by atoms with Crippen molar-refractivity contribution in [3.8, 4) is 0 Å². The van der Waals surface area contributed by atoms with Crippen LogP contribution in [0.4, 0.5) is 0 Å². The second-order valence-electron chi connectivity index (χ2n) is 10.2. The Hall–Kier alpha value is -1.39. The minimum absolute atomic E-state index is 0.0336. The largest absolute Gasteiger partial charge is 0.375 e. The van der Waals surface area contributed by atoms with Gasteiger partial charge in [0.15, 0.2) is 5.60 Å². The number of benzene rings is 1. The number of aliphatic hydroxyl groups is 1. The number of hydrogen-bond donors (Lipinski definition) is 2. The highest BCUT2D eigenvalue weighted by atomic mass is 16.3. The van der Waals surface area contributed by atoms with Gasteiger partial charge >= 0.3 is 0 Å². The zero-order chi connectivity index (χ0) is 19.8. The highest BCUT2D eigenvalue weighted by molar-refractivity contribution is 5.87. The van der Waals surface area contributed by atoms with Crippen molar-refractivity contribution in [2.45, 2.75) is 69.4 Å². The van der Waals surface area contributed by atoms with Crippen molar-refractivity contribution < 1.29 is 9.90 Å². The first-order valence-corrected chi connectivity index (χ1v) is 12.0. The summed E-state index contributed by atoms with van der Waals surface area (Å²) in [5.41, 5.74) is -0.620. The van der Waals surface area contributed by atoms with Crippen molar-refractivity contribution in [1.82, 2.24) is 10.2 Å². The van der Waals surface area contributed by atoms with Gasteiger partial charge in [-0.1, -0.05) is 62.4 Å². The van der Waals surface area contributed by atoms with Crippen molar-refractivity contribution in [1.29, 1.82) is 0 Å². The minimum atomic E-state index is -1.38. The number of hydrogen-bond acceptors (Lipinski definition) is 3. The third-order valence-electron chi connectivity index (χ3n) is 8.31. The first-order valence-electron chi connectivity index (χ1n) is 12.0. The topological polar surface area (TPSA) is 52.6 Å². The lowest BCUT2D eigenvalue weighted by Crippen LogP contribution is -2.51. The second kappa shape index (κ2) is 8.03. The van der Waals surface area contributed by atoms with Gasteiger partial charge in [0.2, 0.25) is 0 Å². The van der Waals surface area contributed by atoms with Crippen LogP contribution in [0.2, 0.25) is 0 Å². The molecule has 29 heavy (non-hydrogen) atoms. The maximum atomic E-state index is 13.4. The van der Waals surface area contributed by atoms with Gasteiger partial charge in [0, 0.05) is 31.6 Å². The molecule has 5 rings (SSSR count). The third kappa shape index (κ3) is 3.74. The average molecular weight is 397 g/mol. The third-order valence-corrected chi connectivity index (χ3v) is 8.31. The van der Waals surface area contributed by atoms with E-state index in [2.05, 4.69) is 10.2 Å². The van der Waals surface area contributed by atoms with E-state index in [0.717, 1.165) is 50.3 Å². The molecule has 4 fully saturated rings. The Morgan fingerprint density at radius 1 is 0.966 bits per heavy atom. The molecule has 1 aromatic rings. The smallest absolute Gasteiger partial charge is 0.257 e. The summed E-state index contributed by atoms with van der Waals surface area (Å²) in [4.78, 5) is 16.0. The van der Waals surface area contributed by atoms with Gasteiger partial charge < -0.3 is 15.3 Å². The standard InChI is InChI=1S/C25H36N2O2/c28-24(25(29,20-13-7-8-14-20)19-11-5-2-6-12-19)26-23-21-16-27(17-22(21)23)15-18-9-3-1-4-10-18/h2,5-6,11-12,18,20-23,29H,1,3-4,7-10,13-17H2,(H,26,28)/t21-,22+,23?,25?. The Balaban J connectivity index is 1.20. The fraction of sp³-hybridized carbons (Fsp3) is 0.720. The molecule has 1 heterocycles. The molecule has 3 saturated carbocycles. The Bertz CT molecular complexity index is 699. The van der Waals surface area contributed by atoms with Gasteiger partial charge in [0.25, 0.3) is 5.91 Å². The van der Waals surface area contributed by atoms with Crippen LogP contribution in [0.25, 0.3) is 0 Å². The zero-order valence-electron chi connectivity index (χ0n) is 17.6. The molecule has 2 unspecified atom stereocenters. The van der Waals surface area contributed by atoms with Crippen LogP contribution in [0.3, 0.4) is 0 Å². The van der Waals surface area contributed by atoms with Crippen molar-refractivity contribution in [2.75, 3.05) is 19.6 Å². The number of carbonyl (C=O) groups excluding carboxylic acids is 1. The van der Waals surface area contributed by atoms with Gasteiger partial charge in [-0.05, 0) is 49.0 Å². The molecule has 1 aromatic carbocycles. The minimum Gasteiger partial charge on any atom is -0.375 e. The Morgan fingerprint density at radius 3 is 2.24 bits per heavy atom. The number of likely N-dealkylation sites (tertiary alicyclic amines) is 1. The second-order valence-corrected chi connectivity index (χ2v) is 10.2. The molecule has 2 N–H and O–H groups in total. The number of nitrogens with one attached hydrogen (secondary N) is 1. The van der Waals surface area contributed by atoms with E-state index in [0.29, 0.717) is 11.8 Å². The van der Waals surface area contributed by atoms with Crippen molar-refractivity contribution in [3.05, 3.63) is 35.9 Å². The predicted octanol–water partition coefficient (Wildman–Crippen LogP) is 3.69.